The van der Waals surface area contributed by atoms with Crippen LogP contribution in [-0.4, -0.2) is 29.9 Å². The minimum absolute atomic E-state index is 0.144. The summed E-state index contributed by atoms with van der Waals surface area (Å²) in [5.41, 5.74) is 6.01. The van der Waals surface area contributed by atoms with E-state index in [2.05, 4.69) is 0 Å². The van der Waals surface area contributed by atoms with Crippen LogP contribution in [0.25, 0.3) is 0 Å². The van der Waals surface area contributed by atoms with Crippen molar-refractivity contribution in [2.75, 3.05) is 13.1 Å². The molecule has 4 heteroatoms. The normalized spacial score (nSPS) is 22.6. The molecule has 0 spiro atoms. The average Bonchev–Trinajstić information content (AvgIpc) is 2.49. The fraction of sp³-hybridized carbons (Fsp3) is 0.562. The molecule has 2 N–H and O–H groups in total. The van der Waals surface area contributed by atoms with E-state index in [1.54, 1.807) is 23.1 Å². The number of carbonyl (C=O) groups is 1. The summed E-state index contributed by atoms with van der Waals surface area (Å²) < 4.78 is 13.8. The highest BCUT2D eigenvalue weighted by molar-refractivity contribution is 5.94. The summed E-state index contributed by atoms with van der Waals surface area (Å²) in [6, 6.07) is 6.34. The zero-order valence-corrected chi connectivity index (χ0v) is 12.0. The zero-order valence-electron chi connectivity index (χ0n) is 12.0. The van der Waals surface area contributed by atoms with Crippen LogP contribution in [-0.2, 0) is 0 Å². The molecular formula is C16H23FN2O. The van der Waals surface area contributed by atoms with Gasteiger partial charge in [-0.2, -0.15) is 0 Å². The van der Waals surface area contributed by atoms with Crippen molar-refractivity contribution in [1.82, 2.24) is 4.90 Å². The Morgan fingerprint density at radius 1 is 1.35 bits per heavy atom. The summed E-state index contributed by atoms with van der Waals surface area (Å²) in [4.78, 5) is 14.4. The fourth-order valence-corrected chi connectivity index (χ4v) is 3.19. The SMILES string of the molecule is CCN(C(=O)c1ccccc1F)C1CCCCC1CN. The molecule has 1 aliphatic rings. The van der Waals surface area contributed by atoms with Crippen LogP contribution < -0.4 is 5.73 Å². The van der Waals surface area contributed by atoms with Crippen LogP contribution in [0.4, 0.5) is 4.39 Å². The van der Waals surface area contributed by atoms with Crippen molar-refractivity contribution in [2.24, 2.45) is 11.7 Å². The lowest BCUT2D eigenvalue weighted by Crippen LogP contribution is -2.48. The highest BCUT2D eigenvalue weighted by Crippen LogP contribution is 2.29. The predicted molar refractivity (Wildman–Crippen MR) is 77.9 cm³/mol. The first-order valence-corrected chi connectivity index (χ1v) is 7.44. The molecule has 1 aromatic carbocycles. The van der Waals surface area contributed by atoms with E-state index >= 15 is 0 Å². The molecule has 2 rings (SSSR count). The van der Waals surface area contributed by atoms with Gasteiger partial charge in [0.25, 0.3) is 5.91 Å². The topological polar surface area (TPSA) is 46.3 Å². The van der Waals surface area contributed by atoms with E-state index in [0.29, 0.717) is 19.0 Å². The van der Waals surface area contributed by atoms with Crippen molar-refractivity contribution in [3.8, 4) is 0 Å². The molecule has 2 atom stereocenters. The Labute approximate surface area is 120 Å². The quantitative estimate of drug-likeness (QED) is 0.920. The molecule has 1 aliphatic carbocycles. The van der Waals surface area contributed by atoms with Gasteiger partial charge in [0.15, 0.2) is 0 Å². The third-order valence-corrected chi connectivity index (χ3v) is 4.28. The zero-order chi connectivity index (χ0) is 14.5. The molecule has 20 heavy (non-hydrogen) atoms. The lowest BCUT2D eigenvalue weighted by atomic mass is 9.83. The maximum absolute atomic E-state index is 13.8. The molecule has 0 bridgehead atoms. The van der Waals surface area contributed by atoms with E-state index in [9.17, 15) is 9.18 Å². The van der Waals surface area contributed by atoms with E-state index in [4.69, 9.17) is 5.73 Å². The third kappa shape index (κ3) is 3.01. The first-order valence-electron chi connectivity index (χ1n) is 7.44. The van der Waals surface area contributed by atoms with Crippen LogP contribution in [0.5, 0.6) is 0 Å². The second kappa shape index (κ2) is 6.84. The molecule has 0 heterocycles. The van der Waals surface area contributed by atoms with Crippen molar-refractivity contribution in [3.05, 3.63) is 35.6 Å². The summed E-state index contributed by atoms with van der Waals surface area (Å²) in [7, 11) is 0. The molecular weight excluding hydrogens is 255 g/mol. The molecule has 1 fully saturated rings. The molecule has 110 valence electrons. The molecule has 3 nitrogen and oxygen atoms in total. The van der Waals surface area contributed by atoms with Crippen LogP contribution in [0, 0.1) is 11.7 Å². The van der Waals surface area contributed by atoms with Crippen LogP contribution >= 0.6 is 0 Å². The van der Waals surface area contributed by atoms with E-state index in [0.717, 1.165) is 19.3 Å². The fourth-order valence-electron chi connectivity index (χ4n) is 3.19. The Kier molecular flexibility index (Phi) is 5.12. The van der Waals surface area contributed by atoms with Crippen LogP contribution in [0.15, 0.2) is 24.3 Å². The smallest absolute Gasteiger partial charge is 0.257 e. The first-order chi connectivity index (χ1) is 9.69. The monoisotopic (exact) mass is 278 g/mol. The number of hydrogen-bond donors (Lipinski definition) is 1. The highest BCUT2D eigenvalue weighted by atomic mass is 19.1. The van der Waals surface area contributed by atoms with Crippen molar-refractivity contribution in [1.29, 1.82) is 0 Å². The van der Waals surface area contributed by atoms with E-state index < -0.39 is 5.82 Å². The second-order valence-corrected chi connectivity index (χ2v) is 5.42. The molecule has 0 saturated heterocycles. The highest BCUT2D eigenvalue weighted by Gasteiger charge is 2.32. The Hall–Kier alpha value is -1.42. The van der Waals surface area contributed by atoms with Gasteiger partial charge in [-0.3, -0.25) is 4.79 Å². The van der Waals surface area contributed by atoms with E-state index in [1.165, 1.54) is 12.5 Å². The standard InChI is InChI=1S/C16H23FN2O/c1-2-19(15-10-6-3-7-12(15)11-18)16(20)13-8-4-5-9-14(13)17/h4-5,8-9,12,15H,2-3,6-7,10-11,18H2,1H3. The Balaban J connectivity index is 2.23. The number of hydrogen-bond acceptors (Lipinski definition) is 2. The number of carbonyl (C=O) groups excluding carboxylic acids is 1. The summed E-state index contributed by atoms with van der Waals surface area (Å²) in [5, 5.41) is 0. The largest absolute Gasteiger partial charge is 0.336 e. The molecule has 1 aromatic rings. The minimum Gasteiger partial charge on any atom is -0.336 e. The van der Waals surface area contributed by atoms with Gasteiger partial charge in [-0.05, 0) is 44.4 Å². The van der Waals surface area contributed by atoms with Gasteiger partial charge in [-0.25, -0.2) is 4.39 Å². The van der Waals surface area contributed by atoms with E-state index in [-0.39, 0.29) is 17.5 Å². The number of benzene rings is 1. The maximum atomic E-state index is 13.8. The minimum atomic E-state index is -0.448. The Morgan fingerprint density at radius 2 is 2.05 bits per heavy atom. The third-order valence-electron chi connectivity index (χ3n) is 4.28. The number of amides is 1. The Morgan fingerprint density at radius 3 is 2.70 bits per heavy atom. The second-order valence-electron chi connectivity index (χ2n) is 5.42. The van der Waals surface area contributed by atoms with Gasteiger partial charge < -0.3 is 10.6 Å². The number of nitrogens with zero attached hydrogens (tertiary/aromatic N) is 1. The average molecular weight is 278 g/mol. The van der Waals surface area contributed by atoms with E-state index in [1.807, 2.05) is 6.92 Å². The summed E-state index contributed by atoms with van der Waals surface area (Å²) in [6.07, 6.45) is 4.31. The summed E-state index contributed by atoms with van der Waals surface area (Å²) >= 11 is 0. The molecule has 0 radical (unpaired) electrons. The van der Waals surface area contributed by atoms with Gasteiger partial charge in [0, 0.05) is 12.6 Å². The molecule has 1 amide bonds. The van der Waals surface area contributed by atoms with Gasteiger partial charge in [0.05, 0.1) is 5.56 Å². The van der Waals surface area contributed by atoms with Crippen molar-refractivity contribution in [2.45, 2.75) is 38.6 Å². The molecule has 0 aliphatic heterocycles. The van der Waals surface area contributed by atoms with Gasteiger partial charge in [-0.15, -0.1) is 0 Å². The lowest BCUT2D eigenvalue weighted by Gasteiger charge is -2.39. The summed E-state index contributed by atoms with van der Waals surface area (Å²) in [5.74, 6) is -0.327. The molecule has 0 aromatic heterocycles. The van der Waals surface area contributed by atoms with Gasteiger partial charge in [0.2, 0.25) is 0 Å². The van der Waals surface area contributed by atoms with Crippen molar-refractivity contribution >= 4 is 5.91 Å². The van der Waals surface area contributed by atoms with Gasteiger partial charge in [0.1, 0.15) is 5.82 Å². The van der Waals surface area contributed by atoms with Crippen LogP contribution in [0.1, 0.15) is 43.0 Å². The summed E-state index contributed by atoms with van der Waals surface area (Å²) in [6.45, 7) is 3.13. The maximum Gasteiger partial charge on any atom is 0.257 e. The van der Waals surface area contributed by atoms with Gasteiger partial charge in [-0.1, -0.05) is 25.0 Å². The van der Waals surface area contributed by atoms with Crippen molar-refractivity contribution in [3.63, 3.8) is 0 Å². The lowest BCUT2D eigenvalue weighted by molar-refractivity contribution is 0.0555. The molecule has 2 unspecified atom stereocenters. The van der Waals surface area contributed by atoms with Crippen molar-refractivity contribution < 1.29 is 9.18 Å². The number of rotatable bonds is 4. The molecule has 1 saturated carbocycles. The van der Waals surface area contributed by atoms with Gasteiger partial charge >= 0.3 is 0 Å². The Bertz CT molecular complexity index is 464. The first kappa shape index (κ1) is 15.0. The van der Waals surface area contributed by atoms with Crippen LogP contribution in [0.3, 0.4) is 0 Å². The predicted octanol–water partition coefficient (Wildman–Crippen LogP) is 2.81. The number of nitrogens with two attached hydrogens (primary N) is 1. The van der Waals surface area contributed by atoms with Crippen LogP contribution in [0.2, 0.25) is 0 Å². The number of halogens is 1.